The fraction of sp³-hybridized carbons (Fsp3) is 0.333. The first-order valence-electron chi connectivity index (χ1n) is 8.89. The predicted octanol–water partition coefficient (Wildman–Crippen LogP) is 3.86. The summed E-state index contributed by atoms with van der Waals surface area (Å²) in [5, 5.41) is 3.41. The van der Waals surface area contributed by atoms with Gasteiger partial charge in [-0.25, -0.2) is 0 Å². The van der Waals surface area contributed by atoms with Gasteiger partial charge in [0.1, 0.15) is 5.75 Å². The lowest BCUT2D eigenvalue weighted by Gasteiger charge is -2.38. The molecule has 1 aliphatic rings. The van der Waals surface area contributed by atoms with Crippen LogP contribution in [0.2, 0.25) is 5.02 Å². The van der Waals surface area contributed by atoms with Crippen molar-refractivity contribution in [2.75, 3.05) is 11.4 Å². The molecule has 142 valence electrons. The zero-order chi connectivity index (χ0) is 19.6. The van der Waals surface area contributed by atoms with Gasteiger partial charge in [0.25, 0.3) is 5.91 Å². The Hall–Kier alpha value is -2.53. The molecule has 1 heterocycles. The number of nitrogens with one attached hydrogen (secondary N) is 1. The summed E-state index contributed by atoms with van der Waals surface area (Å²) in [4.78, 5) is 26.6. The Labute approximate surface area is 164 Å². The molecule has 0 atom stereocenters. The number of carbonyl (C=O) groups excluding carboxylic acids is 2. The van der Waals surface area contributed by atoms with Crippen molar-refractivity contribution in [3.63, 3.8) is 0 Å². The number of halogens is 1. The summed E-state index contributed by atoms with van der Waals surface area (Å²) in [5.41, 5.74) is 1.82. The molecule has 0 bridgehead atoms. The van der Waals surface area contributed by atoms with E-state index in [-0.39, 0.29) is 24.8 Å². The van der Waals surface area contributed by atoms with Crippen LogP contribution in [0, 0.1) is 6.92 Å². The van der Waals surface area contributed by atoms with E-state index in [0.717, 1.165) is 5.56 Å². The first-order valence-corrected chi connectivity index (χ1v) is 9.27. The fourth-order valence-corrected chi connectivity index (χ4v) is 3.14. The van der Waals surface area contributed by atoms with Crippen LogP contribution in [0.3, 0.4) is 0 Å². The van der Waals surface area contributed by atoms with Gasteiger partial charge in [-0.05, 0) is 44.5 Å². The van der Waals surface area contributed by atoms with E-state index in [9.17, 15) is 9.59 Å². The molecule has 0 aromatic heterocycles. The van der Waals surface area contributed by atoms with Gasteiger partial charge in [0.2, 0.25) is 5.91 Å². The van der Waals surface area contributed by atoms with Gasteiger partial charge in [-0.3, -0.25) is 9.59 Å². The van der Waals surface area contributed by atoms with Gasteiger partial charge in [0.05, 0.1) is 5.69 Å². The van der Waals surface area contributed by atoms with Crippen LogP contribution in [0.15, 0.2) is 42.5 Å². The number of anilines is 1. The highest BCUT2D eigenvalue weighted by molar-refractivity contribution is 6.31. The van der Waals surface area contributed by atoms with Gasteiger partial charge in [0.15, 0.2) is 5.60 Å². The average Bonchev–Trinajstić information content (AvgIpc) is 2.62. The van der Waals surface area contributed by atoms with Crippen molar-refractivity contribution in [1.29, 1.82) is 0 Å². The minimum Gasteiger partial charge on any atom is -0.476 e. The third-order valence-electron chi connectivity index (χ3n) is 4.51. The van der Waals surface area contributed by atoms with Crippen LogP contribution in [0.5, 0.6) is 5.75 Å². The molecule has 5 nitrogen and oxygen atoms in total. The smallest absolute Gasteiger partial charge is 0.270 e. The molecule has 2 amide bonds. The number of carbonyl (C=O) groups is 2. The SMILES string of the molecule is Cc1ccc(CNC(=O)CCN2C(=O)C(C)(C)Oc3ccc(Cl)cc32)cc1. The van der Waals surface area contributed by atoms with Gasteiger partial charge in [-0.1, -0.05) is 41.4 Å². The summed E-state index contributed by atoms with van der Waals surface area (Å²) >= 11 is 6.08. The lowest BCUT2D eigenvalue weighted by molar-refractivity contribution is -0.132. The molecule has 0 fully saturated rings. The van der Waals surface area contributed by atoms with Crippen LogP contribution >= 0.6 is 11.6 Å². The molecule has 0 saturated carbocycles. The standard InChI is InChI=1S/C21H23ClN2O3/c1-14-4-6-15(7-5-14)13-23-19(25)10-11-24-17-12-16(22)8-9-18(17)27-21(2,3)20(24)26/h4-9,12H,10-11,13H2,1-3H3,(H,23,25). The van der Waals surface area contributed by atoms with Crippen LogP contribution in [-0.4, -0.2) is 24.0 Å². The maximum absolute atomic E-state index is 12.8. The Morgan fingerprint density at radius 2 is 1.89 bits per heavy atom. The molecule has 2 aromatic carbocycles. The molecule has 0 radical (unpaired) electrons. The molecule has 1 N–H and O–H groups in total. The van der Waals surface area contributed by atoms with Crippen LogP contribution in [-0.2, 0) is 16.1 Å². The normalized spacial score (nSPS) is 15.1. The maximum atomic E-state index is 12.8. The molecule has 27 heavy (non-hydrogen) atoms. The number of ether oxygens (including phenoxy) is 1. The largest absolute Gasteiger partial charge is 0.476 e. The van der Waals surface area contributed by atoms with E-state index >= 15 is 0 Å². The summed E-state index contributed by atoms with van der Waals surface area (Å²) in [5.74, 6) is 0.281. The molecule has 1 aliphatic heterocycles. The number of amides is 2. The summed E-state index contributed by atoms with van der Waals surface area (Å²) in [6, 6.07) is 13.2. The van der Waals surface area contributed by atoms with Crippen LogP contribution in [0.4, 0.5) is 5.69 Å². The number of fused-ring (bicyclic) bond motifs is 1. The Kier molecular flexibility index (Phi) is 5.42. The lowest BCUT2D eigenvalue weighted by Crippen LogP contribution is -2.53. The Morgan fingerprint density at radius 1 is 1.19 bits per heavy atom. The highest BCUT2D eigenvalue weighted by atomic mass is 35.5. The van der Waals surface area contributed by atoms with Crippen molar-refractivity contribution in [1.82, 2.24) is 5.32 Å². The molecular weight excluding hydrogens is 364 g/mol. The third kappa shape index (κ3) is 4.42. The Balaban J connectivity index is 1.65. The molecular formula is C21H23ClN2O3. The maximum Gasteiger partial charge on any atom is 0.270 e. The van der Waals surface area contributed by atoms with Gasteiger partial charge in [-0.2, -0.15) is 0 Å². The third-order valence-corrected chi connectivity index (χ3v) is 4.74. The van der Waals surface area contributed by atoms with Gasteiger partial charge >= 0.3 is 0 Å². The van der Waals surface area contributed by atoms with E-state index in [1.165, 1.54) is 5.56 Å². The van der Waals surface area contributed by atoms with E-state index in [0.29, 0.717) is 23.0 Å². The first kappa shape index (κ1) is 19.2. The number of nitrogens with zero attached hydrogens (tertiary/aromatic N) is 1. The number of aryl methyl sites for hydroxylation is 1. The second-order valence-electron chi connectivity index (χ2n) is 7.19. The number of hydrogen-bond acceptors (Lipinski definition) is 3. The van der Waals surface area contributed by atoms with Crippen molar-refractivity contribution in [2.24, 2.45) is 0 Å². The van der Waals surface area contributed by atoms with Crippen molar-refractivity contribution in [3.05, 3.63) is 58.6 Å². The van der Waals surface area contributed by atoms with Crippen molar-refractivity contribution < 1.29 is 14.3 Å². The molecule has 0 spiro atoms. The van der Waals surface area contributed by atoms with E-state index in [1.807, 2.05) is 31.2 Å². The van der Waals surface area contributed by atoms with E-state index in [1.54, 1.807) is 36.9 Å². The quantitative estimate of drug-likeness (QED) is 0.848. The Bertz CT molecular complexity index is 862. The number of rotatable bonds is 5. The van der Waals surface area contributed by atoms with Gasteiger partial charge in [0, 0.05) is 24.5 Å². The molecule has 3 rings (SSSR count). The minimum atomic E-state index is -0.987. The zero-order valence-corrected chi connectivity index (χ0v) is 16.5. The molecule has 0 aliphatic carbocycles. The fourth-order valence-electron chi connectivity index (χ4n) is 2.97. The first-order chi connectivity index (χ1) is 12.8. The molecule has 0 saturated heterocycles. The second kappa shape index (κ2) is 7.61. The van der Waals surface area contributed by atoms with Crippen molar-refractivity contribution >= 4 is 29.1 Å². The zero-order valence-electron chi connectivity index (χ0n) is 15.7. The average molecular weight is 387 g/mol. The summed E-state index contributed by atoms with van der Waals surface area (Å²) in [6.07, 6.45) is 0.194. The molecule has 6 heteroatoms. The Morgan fingerprint density at radius 3 is 2.59 bits per heavy atom. The summed E-state index contributed by atoms with van der Waals surface area (Å²) in [6.45, 7) is 6.19. The van der Waals surface area contributed by atoms with Gasteiger partial charge in [-0.15, -0.1) is 0 Å². The van der Waals surface area contributed by atoms with E-state index < -0.39 is 5.60 Å². The van der Waals surface area contributed by atoms with E-state index in [2.05, 4.69) is 5.32 Å². The van der Waals surface area contributed by atoms with Gasteiger partial charge < -0.3 is 15.0 Å². The van der Waals surface area contributed by atoms with Crippen LogP contribution < -0.4 is 15.0 Å². The second-order valence-corrected chi connectivity index (χ2v) is 7.63. The predicted molar refractivity (Wildman–Crippen MR) is 106 cm³/mol. The topological polar surface area (TPSA) is 58.6 Å². The number of hydrogen-bond donors (Lipinski definition) is 1. The summed E-state index contributed by atoms with van der Waals surface area (Å²) < 4.78 is 5.79. The van der Waals surface area contributed by atoms with Crippen LogP contribution in [0.1, 0.15) is 31.4 Å². The monoisotopic (exact) mass is 386 g/mol. The lowest BCUT2D eigenvalue weighted by atomic mass is 10.0. The van der Waals surface area contributed by atoms with Crippen LogP contribution in [0.25, 0.3) is 0 Å². The van der Waals surface area contributed by atoms with Crippen molar-refractivity contribution in [2.45, 2.75) is 39.3 Å². The number of benzene rings is 2. The summed E-state index contributed by atoms with van der Waals surface area (Å²) in [7, 11) is 0. The molecule has 0 unspecified atom stereocenters. The highest BCUT2D eigenvalue weighted by Crippen LogP contribution is 2.39. The van der Waals surface area contributed by atoms with E-state index in [4.69, 9.17) is 16.3 Å². The molecule has 2 aromatic rings. The van der Waals surface area contributed by atoms with Crippen molar-refractivity contribution in [3.8, 4) is 5.75 Å². The minimum absolute atomic E-state index is 0.115. The highest BCUT2D eigenvalue weighted by Gasteiger charge is 2.40.